The van der Waals surface area contributed by atoms with Crippen LogP contribution < -0.4 is 14.9 Å². The molecule has 1 fully saturated rings. The maximum absolute atomic E-state index is 13.2. The minimum atomic E-state index is -3.85. The van der Waals surface area contributed by atoms with Crippen molar-refractivity contribution in [2.24, 2.45) is 12.2 Å². The number of sulfonamides is 1. The number of fused-ring (bicyclic) bond motifs is 1. The first kappa shape index (κ1) is 17.1. The van der Waals surface area contributed by atoms with Gasteiger partial charge in [-0.25, -0.2) is 13.6 Å². The number of primary sulfonamides is 1. The highest BCUT2D eigenvalue weighted by molar-refractivity contribution is 7.89. The first-order valence-corrected chi connectivity index (χ1v) is 10.2. The molecule has 2 aromatic rings. The van der Waals surface area contributed by atoms with Crippen LogP contribution in [0.15, 0.2) is 35.4 Å². The van der Waals surface area contributed by atoms with E-state index in [1.807, 2.05) is 12.1 Å². The van der Waals surface area contributed by atoms with Gasteiger partial charge in [-0.15, -0.1) is 0 Å². The lowest BCUT2D eigenvalue weighted by Crippen LogP contribution is -2.45. The largest absolute Gasteiger partial charge is 0.365 e. The highest BCUT2D eigenvalue weighted by atomic mass is 32.2. The molecule has 26 heavy (non-hydrogen) atoms. The number of amides is 1. The van der Waals surface area contributed by atoms with Crippen LogP contribution in [0.3, 0.4) is 0 Å². The number of nitrogens with two attached hydrogens (primary N) is 1. The summed E-state index contributed by atoms with van der Waals surface area (Å²) >= 11 is 0. The molecule has 0 bridgehead atoms. The molecule has 1 aliphatic heterocycles. The molecule has 0 radical (unpaired) electrons. The topological polar surface area (TPSA) is 88.6 Å². The first-order chi connectivity index (χ1) is 12.3. The van der Waals surface area contributed by atoms with E-state index < -0.39 is 10.0 Å². The van der Waals surface area contributed by atoms with Crippen LogP contribution in [0.2, 0.25) is 0 Å². The second-order valence-electron chi connectivity index (χ2n) is 7.04. The lowest BCUT2D eigenvalue weighted by atomic mass is 10.1. The van der Waals surface area contributed by atoms with Crippen molar-refractivity contribution < 1.29 is 13.2 Å². The average Bonchev–Trinajstić information content (AvgIpc) is 3.34. The molecular formula is C18H22N4O3S. The summed E-state index contributed by atoms with van der Waals surface area (Å²) in [6.45, 7) is 3.41. The maximum Gasteiger partial charge on any atom is 0.275 e. The number of nitrogens with zero attached hydrogens (tertiary/aromatic N) is 3. The summed E-state index contributed by atoms with van der Waals surface area (Å²) in [6.07, 6.45) is 3.76. The smallest absolute Gasteiger partial charge is 0.275 e. The van der Waals surface area contributed by atoms with Crippen LogP contribution in [0.4, 0.5) is 11.4 Å². The van der Waals surface area contributed by atoms with Gasteiger partial charge in [-0.3, -0.25) is 4.79 Å². The number of carbonyl (C=O) groups excluding carboxylic acids is 1. The van der Waals surface area contributed by atoms with E-state index in [1.165, 1.54) is 29.7 Å². The predicted molar refractivity (Wildman–Crippen MR) is 100 cm³/mol. The Morgan fingerprint density at radius 1 is 1.23 bits per heavy atom. The number of carbonyl (C=O) groups is 1. The maximum atomic E-state index is 13.2. The van der Waals surface area contributed by atoms with Crippen molar-refractivity contribution in [3.63, 3.8) is 0 Å². The Morgan fingerprint density at radius 2 is 1.96 bits per heavy atom. The fourth-order valence-corrected chi connectivity index (χ4v) is 4.26. The SMILES string of the molecule is Cc1cccc2c1N(C1CC1)CCN2C(=O)c1cc(S(N)(=O)=O)cn1C. The normalized spacial score (nSPS) is 17.3. The van der Waals surface area contributed by atoms with Gasteiger partial charge in [0.2, 0.25) is 10.0 Å². The van der Waals surface area contributed by atoms with Gasteiger partial charge in [-0.2, -0.15) is 0 Å². The Hall–Kier alpha value is -2.32. The van der Waals surface area contributed by atoms with Gasteiger partial charge in [-0.1, -0.05) is 12.1 Å². The van der Waals surface area contributed by atoms with E-state index >= 15 is 0 Å². The van der Waals surface area contributed by atoms with Crippen molar-refractivity contribution in [2.75, 3.05) is 22.9 Å². The minimum Gasteiger partial charge on any atom is -0.365 e. The summed E-state index contributed by atoms with van der Waals surface area (Å²) in [5.41, 5.74) is 3.44. The van der Waals surface area contributed by atoms with Crippen LogP contribution in [-0.2, 0) is 17.1 Å². The number of aromatic nitrogens is 1. The monoisotopic (exact) mass is 374 g/mol. The first-order valence-electron chi connectivity index (χ1n) is 8.64. The molecule has 1 aliphatic carbocycles. The molecule has 0 saturated heterocycles. The quantitative estimate of drug-likeness (QED) is 0.884. The molecule has 2 N–H and O–H groups in total. The van der Waals surface area contributed by atoms with Crippen LogP contribution in [0.25, 0.3) is 0 Å². The van der Waals surface area contributed by atoms with E-state index in [0.29, 0.717) is 18.3 Å². The molecule has 2 heterocycles. The van der Waals surface area contributed by atoms with Crippen LogP contribution in [0.1, 0.15) is 28.9 Å². The van der Waals surface area contributed by atoms with Crippen LogP contribution in [0.5, 0.6) is 0 Å². The number of rotatable bonds is 3. The van der Waals surface area contributed by atoms with E-state index in [9.17, 15) is 13.2 Å². The molecule has 7 nitrogen and oxygen atoms in total. The van der Waals surface area contributed by atoms with Gasteiger partial charge in [0.25, 0.3) is 5.91 Å². The molecule has 1 amide bonds. The molecule has 8 heteroatoms. The Kier molecular flexibility index (Phi) is 3.85. The van der Waals surface area contributed by atoms with Gasteiger partial charge in [0.15, 0.2) is 0 Å². The Morgan fingerprint density at radius 3 is 2.58 bits per heavy atom. The van der Waals surface area contributed by atoms with Gasteiger partial charge < -0.3 is 14.4 Å². The predicted octanol–water partition coefficient (Wildman–Crippen LogP) is 1.61. The summed E-state index contributed by atoms with van der Waals surface area (Å²) in [5, 5.41) is 5.20. The third kappa shape index (κ3) is 2.79. The summed E-state index contributed by atoms with van der Waals surface area (Å²) in [4.78, 5) is 17.3. The number of aryl methyl sites for hydroxylation is 2. The van der Waals surface area contributed by atoms with E-state index in [1.54, 1.807) is 11.9 Å². The summed E-state index contributed by atoms with van der Waals surface area (Å²) in [7, 11) is -2.20. The van der Waals surface area contributed by atoms with Gasteiger partial charge in [0, 0.05) is 32.4 Å². The molecule has 2 aliphatic rings. The Labute approximate surface area is 153 Å². The van der Waals surface area contributed by atoms with Gasteiger partial charge in [0.05, 0.1) is 11.4 Å². The number of hydrogen-bond donors (Lipinski definition) is 1. The van der Waals surface area contributed by atoms with Crippen molar-refractivity contribution in [2.45, 2.75) is 30.7 Å². The lowest BCUT2D eigenvalue weighted by molar-refractivity contribution is 0.0978. The molecular weight excluding hydrogens is 352 g/mol. The van der Waals surface area contributed by atoms with Crippen LogP contribution in [0, 0.1) is 6.92 Å². The molecule has 0 unspecified atom stereocenters. The molecule has 1 aromatic carbocycles. The molecule has 138 valence electrons. The van der Waals surface area contributed by atoms with Crippen molar-refractivity contribution in [3.05, 3.63) is 41.7 Å². The van der Waals surface area contributed by atoms with Crippen molar-refractivity contribution in [1.82, 2.24) is 4.57 Å². The van der Waals surface area contributed by atoms with Gasteiger partial charge in [-0.05, 0) is 37.5 Å². The summed E-state index contributed by atoms with van der Waals surface area (Å²) < 4.78 is 24.7. The summed E-state index contributed by atoms with van der Waals surface area (Å²) in [6, 6.07) is 7.88. The average molecular weight is 374 g/mol. The molecule has 0 atom stereocenters. The zero-order valence-electron chi connectivity index (χ0n) is 14.8. The number of anilines is 2. The Balaban J connectivity index is 1.75. The standard InChI is InChI=1S/C18H22N4O3S/c1-12-4-3-5-15-17(12)21(13-6-7-13)8-9-22(15)18(23)16-10-14(11-20(16)2)26(19,24)25/h3-5,10-11,13H,6-9H2,1-2H3,(H2,19,24,25). The molecule has 1 saturated carbocycles. The highest BCUT2D eigenvalue weighted by Crippen LogP contribution is 2.42. The van der Waals surface area contributed by atoms with Crippen molar-refractivity contribution in [1.29, 1.82) is 0 Å². The van der Waals surface area contributed by atoms with Crippen molar-refractivity contribution >= 4 is 27.3 Å². The van der Waals surface area contributed by atoms with Crippen LogP contribution in [-0.4, -0.2) is 38.0 Å². The minimum absolute atomic E-state index is 0.0515. The fourth-order valence-electron chi connectivity index (χ4n) is 3.68. The molecule has 1 aromatic heterocycles. The molecule has 0 spiro atoms. The number of hydrogen-bond acceptors (Lipinski definition) is 4. The second kappa shape index (κ2) is 5.85. The zero-order valence-corrected chi connectivity index (χ0v) is 15.7. The highest BCUT2D eigenvalue weighted by Gasteiger charge is 2.37. The third-order valence-electron chi connectivity index (χ3n) is 5.12. The van der Waals surface area contributed by atoms with E-state index in [2.05, 4.69) is 17.9 Å². The van der Waals surface area contributed by atoms with Gasteiger partial charge >= 0.3 is 0 Å². The molecule has 4 rings (SSSR count). The lowest BCUT2D eigenvalue weighted by Gasteiger charge is -2.39. The van der Waals surface area contributed by atoms with Crippen molar-refractivity contribution in [3.8, 4) is 0 Å². The summed E-state index contributed by atoms with van der Waals surface area (Å²) in [5.74, 6) is -0.218. The van der Waals surface area contributed by atoms with E-state index in [-0.39, 0.29) is 10.8 Å². The fraction of sp³-hybridized carbons (Fsp3) is 0.389. The third-order valence-corrected chi connectivity index (χ3v) is 6.00. The number of para-hydroxylation sites is 1. The van der Waals surface area contributed by atoms with Crippen LogP contribution >= 0.6 is 0 Å². The van der Waals surface area contributed by atoms with E-state index in [4.69, 9.17) is 5.14 Å². The Bertz CT molecular complexity index is 992. The second-order valence-corrected chi connectivity index (χ2v) is 8.60. The zero-order chi connectivity index (χ0) is 18.6. The van der Waals surface area contributed by atoms with Gasteiger partial charge in [0.1, 0.15) is 10.6 Å². The number of benzene rings is 1. The van der Waals surface area contributed by atoms with E-state index in [0.717, 1.165) is 23.5 Å².